The summed E-state index contributed by atoms with van der Waals surface area (Å²) in [6.07, 6.45) is 3.13. The first kappa shape index (κ1) is 18.8. The van der Waals surface area contributed by atoms with Crippen molar-refractivity contribution in [2.45, 2.75) is 12.5 Å². The third-order valence-corrected chi connectivity index (χ3v) is 4.24. The fraction of sp³-hybridized carbons (Fsp3) is 0.278. The number of nitrogens with zero attached hydrogens (tertiary/aromatic N) is 2. The second-order valence-corrected chi connectivity index (χ2v) is 6.39. The summed E-state index contributed by atoms with van der Waals surface area (Å²) in [7, 11) is 0. The summed E-state index contributed by atoms with van der Waals surface area (Å²) in [4.78, 5) is 17.3. The molecule has 27 heavy (non-hydrogen) atoms. The molecular weight excluding hydrogens is 371 g/mol. The molecule has 0 saturated carbocycles. The maximum Gasteiger partial charge on any atom is 0.414 e. The monoisotopic (exact) mass is 390 g/mol. The van der Waals surface area contributed by atoms with Crippen LogP contribution in [-0.4, -0.2) is 47.1 Å². The van der Waals surface area contributed by atoms with Crippen molar-refractivity contribution in [1.82, 2.24) is 10.3 Å². The van der Waals surface area contributed by atoms with Gasteiger partial charge in [-0.05, 0) is 54.5 Å². The highest BCUT2D eigenvalue weighted by Gasteiger charge is 2.32. The van der Waals surface area contributed by atoms with Crippen LogP contribution in [0, 0.1) is 5.82 Å². The van der Waals surface area contributed by atoms with E-state index >= 15 is 0 Å². The van der Waals surface area contributed by atoms with Gasteiger partial charge in [-0.2, -0.15) is 0 Å². The van der Waals surface area contributed by atoms with Gasteiger partial charge in [0.1, 0.15) is 11.9 Å². The Morgan fingerprint density at radius 1 is 1.37 bits per heavy atom. The molecule has 1 aromatic carbocycles. The van der Waals surface area contributed by atoms with E-state index < -0.39 is 18.0 Å². The number of benzene rings is 1. The molecule has 1 unspecified atom stereocenters. The van der Waals surface area contributed by atoms with Crippen LogP contribution >= 0.6 is 12.2 Å². The number of pyridine rings is 1. The van der Waals surface area contributed by atoms with Gasteiger partial charge in [-0.15, -0.1) is 0 Å². The second kappa shape index (κ2) is 8.63. The van der Waals surface area contributed by atoms with E-state index in [0.29, 0.717) is 17.9 Å². The number of amides is 1. The number of cyclic esters (lactones) is 1. The predicted octanol–water partition coefficient (Wildman–Crippen LogP) is 2.63. The molecule has 0 radical (unpaired) electrons. The van der Waals surface area contributed by atoms with Crippen LogP contribution in [0.3, 0.4) is 0 Å². The molecule has 1 atom stereocenters. The first-order chi connectivity index (χ1) is 13.0. The van der Waals surface area contributed by atoms with Crippen LogP contribution in [0.5, 0.6) is 0 Å². The molecule has 3 rings (SSSR count). The van der Waals surface area contributed by atoms with Crippen molar-refractivity contribution in [3.63, 3.8) is 0 Å². The first-order valence-electron chi connectivity index (χ1n) is 8.40. The van der Waals surface area contributed by atoms with E-state index in [9.17, 15) is 9.18 Å². The molecule has 3 N–H and O–H groups in total. The molecule has 0 spiro atoms. The molecule has 2 aromatic rings. The molecule has 0 aliphatic carbocycles. The molecule has 1 aliphatic heterocycles. The molecular formula is C18H19FN4O3S. The smallest absolute Gasteiger partial charge is 0.414 e. The lowest BCUT2D eigenvalue weighted by molar-refractivity contribution is 0.142. The normalized spacial score (nSPS) is 16.1. The number of hydrogen-bond acceptors (Lipinski definition) is 5. The Labute approximate surface area is 161 Å². The zero-order valence-electron chi connectivity index (χ0n) is 14.4. The summed E-state index contributed by atoms with van der Waals surface area (Å²) < 4.78 is 19.6. The maximum atomic E-state index is 14.4. The largest absolute Gasteiger partial charge is 0.487 e. The number of anilines is 2. The Kier molecular flexibility index (Phi) is 6.02. The number of halogens is 1. The van der Waals surface area contributed by atoms with Crippen LogP contribution in [0.4, 0.5) is 20.6 Å². The highest BCUT2D eigenvalue weighted by atomic mass is 32.1. The zero-order valence-corrected chi connectivity index (χ0v) is 15.2. The number of aliphatic hydroxyl groups is 1. The topological polar surface area (TPSA) is 86.7 Å². The third kappa shape index (κ3) is 5.04. The van der Waals surface area contributed by atoms with Crippen LogP contribution < -0.4 is 15.5 Å². The van der Waals surface area contributed by atoms with E-state index in [-0.39, 0.29) is 18.3 Å². The molecule has 1 aromatic heterocycles. The van der Waals surface area contributed by atoms with Crippen molar-refractivity contribution < 1.29 is 19.0 Å². The minimum absolute atomic E-state index is 0.189. The third-order valence-electron chi connectivity index (χ3n) is 4.10. The van der Waals surface area contributed by atoms with Crippen molar-refractivity contribution in [2.75, 3.05) is 29.9 Å². The van der Waals surface area contributed by atoms with E-state index in [4.69, 9.17) is 9.84 Å². The van der Waals surface area contributed by atoms with E-state index in [1.165, 1.54) is 11.0 Å². The Morgan fingerprint density at radius 3 is 2.85 bits per heavy atom. The minimum atomic E-state index is -0.566. The molecule has 142 valence electrons. The summed E-state index contributed by atoms with van der Waals surface area (Å²) in [6.45, 7) is 0.998. The number of rotatable bonds is 7. The SMILES string of the molecule is O=C1OC(CNC(O)=S)CN1c1ccc(NCCc2ccncc2)c(F)c1. The quantitative estimate of drug-likeness (QED) is 0.627. The Hall–Kier alpha value is -2.94. The zero-order chi connectivity index (χ0) is 19.2. The van der Waals surface area contributed by atoms with Gasteiger partial charge in [0.15, 0.2) is 0 Å². The summed E-state index contributed by atoms with van der Waals surface area (Å²) in [5, 5.41) is 14.2. The van der Waals surface area contributed by atoms with E-state index in [1.807, 2.05) is 12.1 Å². The fourth-order valence-electron chi connectivity index (χ4n) is 2.75. The van der Waals surface area contributed by atoms with Crippen molar-refractivity contribution in [2.24, 2.45) is 0 Å². The number of carbonyl (C=O) groups is 1. The molecule has 7 nitrogen and oxygen atoms in total. The van der Waals surface area contributed by atoms with Crippen LogP contribution in [0.25, 0.3) is 0 Å². The number of ether oxygens (including phenoxy) is 1. The number of nitrogens with one attached hydrogen (secondary N) is 2. The molecule has 2 heterocycles. The molecule has 1 aliphatic rings. The average molecular weight is 390 g/mol. The van der Waals surface area contributed by atoms with Gasteiger partial charge in [-0.3, -0.25) is 9.88 Å². The number of thiocarbonyl (C=S) groups is 1. The highest BCUT2D eigenvalue weighted by Crippen LogP contribution is 2.26. The average Bonchev–Trinajstić information content (AvgIpc) is 3.03. The minimum Gasteiger partial charge on any atom is -0.487 e. The van der Waals surface area contributed by atoms with Crippen LogP contribution in [0.2, 0.25) is 0 Å². The number of hydrogen-bond donors (Lipinski definition) is 3. The summed E-state index contributed by atoms with van der Waals surface area (Å²) in [6, 6.07) is 8.37. The van der Waals surface area contributed by atoms with Crippen LogP contribution in [0.15, 0.2) is 42.7 Å². The highest BCUT2D eigenvalue weighted by molar-refractivity contribution is 7.79. The van der Waals surface area contributed by atoms with Gasteiger partial charge in [0, 0.05) is 18.9 Å². The Bertz CT molecular complexity index is 822. The Morgan fingerprint density at radius 2 is 2.15 bits per heavy atom. The Balaban J connectivity index is 1.57. The lowest BCUT2D eigenvalue weighted by Crippen LogP contribution is -2.33. The molecule has 9 heteroatoms. The van der Waals surface area contributed by atoms with E-state index in [1.54, 1.807) is 24.5 Å². The predicted molar refractivity (Wildman–Crippen MR) is 104 cm³/mol. The van der Waals surface area contributed by atoms with Crippen molar-refractivity contribution in [1.29, 1.82) is 0 Å². The van der Waals surface area contributed by atoms with Crippen molar-refractivity contribution in [3.8, 4) is 0 Å². The van der Waals surface area contributed by atoms with Crippen molar-refractivity contribution in [3.05, 3.63) is 54.1 Å². The summed E-state index contributed by atoms with van der Waals surface area (Å²) >= 11 is 4.51. The summed E-state index contributed by atoms with van der Waals surface area (Å²) in [5.74, 6) is -0.451. The van der Waals surface area contributed by atoms with Gasteiger partial charge in [-0.25, -0.2) is 9.18 Å². The van der Waals surface area contributed by atoms with Gasteiger partial charge in [-0.1, -0.05) is 0 Å². The number of carbonyl (C=O) groups excluding carboxylic acids is 1. The molecule has 1 amide bonds. The van der Waals surface area contributed by atoms with E-state index in [0.717, 1.165) is 12.0 Å². The van der Waals surface area contributed by atoms with Gasteiger partial charge in [0.05, 0.1) is 24.5 Å². The number of aromatic nitrogens is 1. The standard InChI is InChI=1S/C18H19FN4O3S/c19-15-9-13(23-11-14(26-18(23)25)10-22-17(24)27)1-2-16(15)21-8-5-12-3-6-20-7-4-12/h1-4,6-7,9,14,21H,5,8,10-11H2,(H2,22,24,27). The van der Waals surface area contributed by atoms with Crippen molar-refractivity contribution >= 4 is 34.9 Å². The van der Waals surface area contributed by atoms with Gasteiger partial charge >= 0.3 is 6.09 Å². The first-order valence-corrected chi connectivity index (χ1v) is 8.81. The van der Waals surface area contributed by atoms with E-state index in [2.05, 4.69) is 27.8 Å². The molecule has 0 bridgehead atoms. The van der Waals surface area contributed by atoms with Crippen LogP contribution in [0.1, 0.15) is 5.56 Å². The van der Waals surface area contributed by atoms with Crippen LogP contribution in [-0.2, 0) is 11.2 Å². The second-order valence-electron chi connectivity index (χ2n) is 6.00. The van der Waals surface area contributed by atoms with Gasteiger partial charge < -0.3 is 20.5 Å². The van der Waals surface area contributed by atoms with Gasteiger partial charge in [0.2, 0.25) is 0 Å². The summed E-state index contributed by atoms with van der Waals surface area (Å²) in [5.41, 5.74) is 1.88. The molecule has 1 fully saturated rings. The van der Waals surface area contributed by atoms with Gasteiger partial charge in [0.25, 0.3) is 5.17 Å². The molecule has 1 saturated heterocycles. The maximum absolute atomic E-state index is 14.4. The lowest BCUT2D eigenvalue weighted by Gasteiger charge is -2.15. The number of aliphatic hydroxyl groups excluding tert-OH is 1. The fourth-order valence-corrected chi connectivity index (χ4v) is 2.83. The lowest BCUT2D eigenvalue weighted by atomic mass is 10.2.